The van der Waals surface area contributed by atoms with Gasteiger partial charge in [-0.2, -0.15) is 0 Å². The second kappa shape index (κ2) is 6.66. The average Bonchev–Trinajstić information content (AvgIpc) is 2.35. The lowest BCUT2D eigenvalue weighted by molar-refractivity contribution is 0.0140. The molecule has 0 aromatic heterocycles. The summed E-state index contributed by atoms with van der Waals surface area (Å²) in [6.45, 7) is 0.656. The molecule has 1 rings (SSSR count). The fourth-order valence-corrected chi connectivity index (χ4v) is 1.65. The summed E-state index contributed by atoms with van der Waals surface area (Å²) in [6, 6.07) is 6.93. The topological polar surface area (TPSA) is 78.5 Å². The van der Waals surface area contributed by atoms with Crippen molar-refractivity contribution in [3.05, 3.63) is 35.4 Å². The van der Waals surface area contributed by atoms with Crippen molar-refractivity contribution in [2.45, 2.75) is 18.6 Å². The van der Waals surface area contributed by atoms with Crippen LogP contribution in [-0.4, -0.2) is 34.9 Å². The predicted molar refractivity (Wildman–Crippen MR) is 71.8 cm³/mol. The number of hydrogen-bond donors (Lipinski definition) is 4. The van der Waals surface area contributed by atoms with Crippen LogP contribution in [0.2, 0.25) is 0 Å². The molecule has 1 aromatic rings. The molecule has 1 aromatic carbocycles. The molecule has 0 aliphatic carbocycles. The fourth-order valence-electron chi connectivity index (χ4n) is 1.52. The first-order chi connectivity index (χ1) is 8.06. The number of benzene rings is 1. The summed E-state index contributed by atoms with van der Waals surface area (Å²) in [7, 11) is 1.80. The number of aliphatic hydroxyl groups is 2. The number of thiocarbonyl (C=S) groups is 1. The van der Waals surface area contributed by atoms with Gasteiger partial charge in [-0.15, -0.1) is 0 Å². The first kappa shape index (κ1) is 14.1. The minimum absolute atomic E-state index is 0.321. The minimum atomic E-state index is -0.885. The molecule has 4 nitrogen and oxygen atoms in total. The molecule has 17 heavy (non-hydrogen) atoms. The quantitative estimate of drug-likeness (QED) is 0.550. The molecule has 0 bridgehead atoms. The third-order valence-electron chi connectivity index (χ3n) is 2.59. The summed E-state index contributed by atoms with van der Waals surface area (Å²) < 4.78 is 0. The van der Waals surface area contributed by atoms with Gasteiger partial charge < -0.3 is 21.3 Å². The molecule has 0 heterocycles. The van der Waals surface area contributed by atoms with Gasteiger partial charge >= 0.3 is 0 Å². The molecular weight excluding hydrogens is 236 g/mol. The molecule has 0 fully saturated rings. The van der Waals surface area contributed by atoms with E-state index in [-0.39, 0.29) is 0 Å². The largest absolute Gasteiger partial charge is 0.390 e. The standard InChI is InChI=1S/C12H18N2O2S/c1-14-7-6-10(15)11(16)8-2-4-9(5-3-8)12(13)17/h2-5,10-11,14-16H,6-7H2,1H3,(H2,13,17). The average molecular weight is 254 g/mol. The van der Waals surface area contributed by atoms with Crippen LogP contribution in [0.25, 0.3) is 0 Å². The highest BCUT2D eigenvalue weighted by Gasteiger charge is 2.17. The monoisotopic (exact) mass is 254 g/mol. The maximum atomic E-state index is 9.90. The molecule has 0 spiro atoms. The van der Waals surface area contributed by atoms with Crippen LogP contribution in [0.1, 0.15) is 23.7 Å². The summed E-state index contributed by atoms with van der Waals surface area (Å²) in [5.74, 6) is 0. The van der Waals surface area contributed by atoms with Crippen LogP contribution >= 0.6 is 12.2 Å². The third kappa shape index (κ3) is 4.05. The van der Waals surface area contributed by atoms with Gasteiger partial charge in [0.1, 0.15) is 11.1 Å². The van der Waals surface area contributed by atoms with Crippen molar-refractivity contribution in [3.8, 4) is 0 Å². The van der Waals surface area contributed by atoms with Crippen molar-refractivity contribution in [3.63, 3.8) is 0 Å². The van der Waals surface area contributed by atoms with Crippen LogP contribution in [0, 0.1) is 0 Å². The zero-order valence-electron chi connectivity index (χ0n) is 9.76. The van der Waals surface area contributed by atoms with Crippen molar-refractivity contribution in [1.29, 1.82) is 0 Å². The molecule has 5 heteroatoms. The zero-order chi connectivity index (χ0) is 12.8. The second-order valence-corrected chi connectivity index (χ2v) is 4.33. The number of aliphatic hydroxyl groups excluding tert-OH is 2. The van der Waals surface area contributed by atoms with E-state index >= 15 is 0 Å². The third-order valence-corrected chi connectivity index (χ3v) is 2.83. The van der Waals surface area contributed by atoms with Crippen molar-refractivity contribution in [2.75, 3.05) is 13.6 Å². The Morgan fingerprint density at radius 3 is 2.41 bits per heavy atom. The Hall–Kier alpha value is -1.01. The van der Waals surface area contributed by atoms with E-state index in [2.05, 4.69) is 5.32 Å². The van der Waals surface area contributed by atoms with Crippen LogP contribution < -0.4 is 11.1 Å². The highest BCUT2D eigenvalue weighted by atomic mass is 32.1. The van der Waals surface area contributed by atoms with Crippen molar-refractivity contribution in [1.82, 2.24) is 5.32 Å². The molecule has 2 unspecified atom stereocenters. The van der Waals surface area contributed by atoms with E-state index in [9.17, 15) is 10.2 Å². The van der Waals surface area contributed by atoms with Crippen LogP contribution in [0.3, 0.4) is 0 Å². The second-order valence-electron chi connectivity index (χ2n) is 3.89. The molecule has 0 amide bonds. The van der Waals surface area contributed by atoms with Gasteiger partial charge in [-0.25, -0.2) is 0 Å². The van der Waals surface area contributed by atoms with Gasteiger partial charge in [0.15, 0.2) is 0 Å². The first-order valence-corrected chi connectivity index (χ1v) is 5.87. The SMILES string of the molecule is CNCCC(O)C(O)c1ccc(C(N)=S)cc1. The smallest absolute Gasteiger partial charge is 0.105 e. The van der Waals surface area contributed by atoms with E-state index in [1.165, 1.54) is 0 Å². The summed E-state index contributed by atoms with van der Waals surface area (Å²) >= 11 is 4.84. The van der Waals surface area contributed by atoms with Gasteiger partial charge in [-0.05, 0) is 25.6 Å². The Labute approximate surface area is 106 Å². The van der Waals surface area contributed by atoms with E-state index in [1.54, 1.807) is 31.3 Å². The summed E-state index contributed by atoms with van der Waals surface area (Å²) in [5, 5.41) is 22.6. The van der Waals surface area contributed by atoms with Gasteiger partial charge in [-0.1, -0.05) is 36.5 Å². The predicted octanol–water partition coefficient (Wildman–Crippen LogP) is 0.325. The minimum Gasteiger partial charge on any atom is -0.390 e. The number of rotatable bonds is 6. The Kier molecular flexibility index (Phi) is 5.50. The molecule has 0 saturated carbocycles. The molecule has 5 N–H and O–H groups in total. The zero-order valence-corrected chi connectivity index (χ0v) is 10.6. The fraction of sp³-hybridized carbons (Fsp3) is 0.417. The first-order valence-electron chi connectivity index (χ1n) is 5.46. The Morgan fingerprint density at radius 1 is 1.35 bits per heavy atom. The highest BCUT2D eigenvalue weighted by Crippen LogP contribution is 2.19. The maximum Gasteiger partial charge on any atom is 0.105 e. The lowest BCUT2D eigenvalue weighted by Crippen LogP contribution is -2.23. The van der Waals surface area contributed by atoms with E-state index in [1.807, 2.05) is 0 Å². The molecule has 0 aliphatic rings. The summed E-state index contributed by atoms with van der Waals surface area (Å²) in [6.07, 6.45) is -1.17. The lowest BCUT2D eigenvalue weighted by atomic mass is 10.0. The summed E-state index contributed by atoms with van der Waals surface area (Å²) in [5.41, 5.74) is 6.89. The summed E-state index contributed by atoms with van der Waals surface area (Å²) in [4.78, 5) is 0.321. The molecule has 2 atom stereocenters. The number of nitrogens with two attached hydrogens (primary N) is 1. The van der Waals surface area contributed by atoms with Gasteiger partial charge in [0, 0.05) is 5.56 Å². The van der Waals surface area contributed by atoms with E-state index in [4.69, 9.17) is 18.0 Å². The van der Waals surface area contributed by atoms with Crippen LogP contribution in [0.15, 0.2) is 24.3 Å². The highest BCUT2D eigenvalue weighted by molar-refractivity contribution is 7.80. The molecule has 0 radical (unpaired) electrons. The molecule has 94 valence electrons. The van der Waals surface area contributed by atoms with Crippen molar-refractivity contribution in [2.24, 2.45) is 5.73 Å². The van der Waals surface area contributed by atoms with Gasteiger partial charge in [-0.3, -0.25) is 0 Å². The van der Waals surface area contributed by atoms with Crippen molar-refractivity contribution >= 4 is 17.2 Å². The Balaban J connectivity index is 2.68. The Bertz CT molecular complexity index is 367. The number of hydrogen-bond acceptors (Lipinski definition) is 4. The van der Waals surface area contributed by atoms with Gasteiger partial charge in [0.2, 0.25) is 0 Å². The molecular formula is C12H18N2O2S. The van der Waals surface area contributed by atoms with Crippen LogP contribution in [0.4, 0.5) is 0 Å². The number of nitrogens with one attached hydrogen (secondary N) is 1. The normalized spacial score (nSPS) is 14.3. The van der Waals surface area contributed by atoms with Gasteiger partial charge in [0.05, 0.1) is 6.10 Å². The van der Waals surface area contributed by atoms with Crippen LogP contribution in [0.5, 0.6) is 0 Å². The van der Waals surface area contributed by atoms with Crippen LogP contribution in [-0.2, 0) is 0 Å². The molecule has 0 saturated heterocycles. The molecule has 0 aliphatic heterocycles. The van der Waals surface area contributed by atoms with E-state index in [0.29, 0.717) is 23.5 Å². The lowest BCUT2D eigenvalue weighted by Gasteiger charge is -2.18. The Morgan fingerprint density at radius 2 is 1.94 bits per heavy atom. The van der Waals surface area contributed by atoms with Gasteiger partial charge in [0.25, 0.3) is 0 Å². The van der Waals surface area contributed by atoms with E-state index < -0.39 is 12.2 Å². The van der Waals surface area contributed by atoms with E-state index in [0.717, 1.165) is 5.56 Å². The maximum absolute atomic E-state index is 9.90. The van der Waals surface area contributed by atoms with Crippen molar-refractivity contribution < 1.29 is 10.2 Å².